The monoisotopic (exact) mass is 502 g/mol. The number of likely N-dealkylation sites (N-methyl/N-ethyl adjacent to an activating group) is 1. The topological polar surface area (TPSA) is 104 Å². The highest BCUT2D eigenvalue weighted by Crippen LogP contribution is 2.20. The molecule has 1 heterocycles. The number of nitrogens with zero attached hydrogens (tertiary/aromatic N) is 2. The van der Waals surface area contributed by atoms with E-state index >= 15 is 0 Å². The lowest BCUT2D eigenvalue weighted by molar-refractivity contribution is 0.112. The Bertz CT molecular complexity index is 1160. The fourth-order valence-electron chi connectivity index (χ4n) is 3.49. The predicted octanol–water partition coefficient (Wildman–Crippen LogP) is 4.95. The Labute approximate surface area is 208 Å². The molecule has 0 fully saturated rings. The summed E-state index contributed by atoms with van der Waals surface area (Å²) in [5.74, 6) is -0.211. The molecule has 0 spiro atoms. The summed E-state index contributed by atoms with van der Waals surface area (Å²) in [6.45, 7) is 0.00324. The van der Waals surface area contributed by atoms with Crippen molar-refractivity contribution < 1.29 is 23.8 Å². The van der Waals surface area contributed by atoms with Crippen molar-refractivity contribution >= 4 is 40.3 Å². The number of pyridine rings is 1. The molecule has 3 amide bonds. The third-order valence-corrected chi connectivity index (χ3v) is 5.97. The smallest absolute Gasteiger partial charge is 0.412 e. The van der Waals surface area contributed by atoms with Crippen molar-refractivity contribution in [2.24, 2.45) is 0 Å². The Kier molecular flexibility index (Phi) is 9.63. The summed E-state index contributed by atoms with van der Waals surface area (Å²) >= 11 is 5.95. The van der Waals surface area contributed by atoms with Gasteiger partial charge in [0.05, 0.1) is 11.1 Å². The molecule has 35 heavy (non-hydrogen) atoms. The zero-order chi connectivity index (χ0) is 25.2. The summed E-state index contributed by atoms with van der Waals surface area (Å²) in [7, 11) is 1.58. The maximum Gasteiger partial charge on any atom is 0.412 e. The number of rotatable bonds is 10. The number of ether oxygens (including phenoxy) is 1. The SMILES string of the molecule is CN(C(=O)NCc1cccc(F)c1Cl)[C@@H](CCCCO)COC(=O)Nc1cc2ccccc2cn1. The number of amides is 3. The van der Waals surface area contributed by atoms with Gasteiger partial charge in [0.1, 0.15) is 18.2 Å². The van der Waals surface area contributed by atoms with Gasteiger partial charge in [-0.2, -0.15) is 0 Å². The summed E-state index contributed by atoms with van der Waals surface area (Å²) in [4.78, 5) is 30.7. The van der Waals surface area contributed by atoms with Crippen LogP contribution in [0.25, 0.3) is 10.8 Å². The molecule has 0 saturated heterocycles. The first-order valence-corrected chi connectivity index (χ1v) is 11.6. The van der Waals surface area contributed by atoms with Gasteiger partial charge in [-0.1, -0.05) is 48.0 Å². The van der Waals surface area contributed by atoms with E-state index in [4.69, 9.17) is 21.4 Å². The number of anilines is 1. The Morgan fingerprint density at radius 2 is 1.94 bits per heavy atom. The van der Waals surface area contributed by atoms with E-state index in [2.05, 4.69) is 15.6 Å². The summed E-state index contributed by atoms with van der Waals surface area (Å²) < 4.78 is 19.0. The van der Waals surface area contributed by atoms with Crippen molar-refractivity contribution in [1.82, 2.24) is 15.2 Å². The molecule has 3 rings (SSSR count). The molecule has 0 saturated carbocycles. The average molecular weight is 503 g/mol. The van der Waals surface area contributed by atoms with Crippen molar-refractivity contribution in [2.75, 3.05) is 25.6 Å². The maximum absolute atomic E-state index is 13.6. The van der Waals surface area contributed by atoms with Gasteiger partial charge >= 0.3 is 12.1 Å². The zero-order valence-electron chi connectivity index (χ0n) is 19.3. The van der Waals surface area contributed by atoms with E-state index < -0.39 is 24.0 Å². The van der Waals surface area contributed by atoms with Crippen LogP contribution in [0.15, 0.2) is 54.7 Å². The molecule has 1 atom stereocenters. The van der Waals surface area contributed by atoms with Crippen LogP contribution < -0.4 is 10.6 Å². The van der Waals surface area contributed by atoms with Crippen LogP contribution in [0.4, 0.5) is 19.8 Å². The van der Waals surface area contributed by atoms with Crippen LogP contribution in [0.1, 0.15) is 24.8 Å². The third-order valence-electron chi connectivity index (χ3n) is 5.54. The number of carbonyl (C=O) groups excluding carboxylic acids is 2. The van der Waals surface area contributed by atoms with Gasteiger partial charge in [0.15, 0.2) is 0 Å². The predicted molar refractivity (Wildman–Crippen MR) is 133 cm³/mol. The van der Waals surface area contributed by atoms with Crippen LogP contribution in [0.3, 0.4) is 0 Å². The molecular formula is C25H28ClFN4O4. The first kappa shape index (κ1) is 26.2. The number of unbranched alkanes of at least 4 members (excludes halogenated alkanes) is 1. The van der Waals surface area contributed by atoms with Gasteiger partial charge in [-0.25, -0.2) is 19.0 Å². The third kappa shape index (κ3) is 7.53. The highest BCUT2D eigenvalue weighted by molar-refractivity contribution is 6.31. The number of hydrogen-bond acceptors (Lipinski definition) is 5. The second-order valence-corrected chi connectivity index (χ2v) is 8.37. The normalized spacial score (nSPS) is 11.7. The molecule has 10 heteroatoms. The molecule has 3 aromatic rings. The number of nitrogens with one attached hydrogen (secondary N) is 2. The molecule has 1 aromatic heterocycles. The Balaban J connectivity index is 1.57. The highest BCUT2D eigenvalue weighted by Gasteiger charge is 2.22. The standard InChI is InChI=1S/C25H28ClFN4O4/c1-31(24(33)29-15-19-9-6-11-21(27)23(19)26)20(10-4-5-12-32)16-35-25(34)30-22-13-17-7-2-3-8-18(17)14-28-22/h2-3,6-9,11,13-14,20,32H,4-5,10,12,15-16H2,1H3,(H,29,33)(H,28,30,34)/t20-/m0/s1. The molecule has 0 radical (unpaired) electrons. The van der Waals surface area contributed by atoms with Gasteiger partial charge < -0.3 is 20.1 Å². The number of aliphatic hydroxyl groups excluding tert-OH is 1. The lowest BCUT2D eigenvalue weighted by atomic mass is 10.1. The van der Waals surface area contributed by atoms with Crippen LogP contribution in [0.2, 0.25) is 5.02 Å². The largest absolute Gasteiger partial charge is 0.447 e. The number of urea groups is 1. The second-order valence-electron chi connectivity index (χ2n) is 8.00. The highest BCUT2D eigenvalue weighted by atomic mass is 35.5. The quantitative estimate of drug-likeness (QED) is 0.340. The van der Waals surface area contributed by atoms with Crippen LogP contribution in [0, 0.1) is 5.82 Å². The van der Waals surface area contributed by atoms with Crippen LogP contribution in [0.5, 0.6) is 0 Å². The average Bonchev–Trinajstić information content (AvgIpc) is 2.86. The van der Waals surface area contributed by atoms with E-state index in [-0.39, 0.29) is 24.8 Å². The number of benzene rings is 2. The molecule has 3 N–H and O–H groups in total. The molecule has 0 aliphatic heterocycles. The molecule has 8 nitrogen and oxygen atoms in total. The van der Waals surface area contributed by atoms with Crippen LogP contribution in [-0.2, 0) is 11.3 Å². The zero-order valence-corrected chi connectivity index (χ0v) is 20.1. The minimum Gasteiger partial charge on any atom is -0.447 e. The van der Waals surface area contributed by atoms with Gasteiger partial charge in [0, 0.05) is 31.8 Å². The molecule has 0 unspecified atom stereocenters. The Morgan fingerprint density at radius 3 is 2.71 bits per heavy atom. The van der Waals surface area contributed by atoms with Crippen molar-refractivity contribution in [1.29, 1.82) is 0 Å². The van der Waals surface area contributed by atoms with Crippen molar-refractivity contribution in [3.8, 4) is 0 Å². The minimum absolute atomic E-state index is 0.0235. The van der Waals surface area contributed by atoms with Crippen molar-refractivity contribution in [3.63, 3.8) is 0 Å². The first-order chi connectivity index (χ1) is 16.9. The van der Waals surface area contributed by atoms with Gasteiger partial charge in [0.2, 0.25) is 0 Å². The molecular weight excluding hydrogens is 475 g/mol. The molecule has 0 aliphatic rings. The number of halogens is 2. The van der Waals surface area contributed by atoms with Crippen molar-refractivity contribution in [3.05, 3.63) is 71.1 Å². The number of fused-ring (bicyclic) bond motifs is 1. The maximum atomic E-state index is 13.6. The summed E-state index contributed by atoms with van der Waals surface area (Å²) in [6.07, 6.45) is 2.66. The van der Waals surface area contributed by atoms with E-state index in [1.54, 1.807) is 25.4 Å². The van der Waals surface area contributed by atoms with Gasteiger partial charge in [0.25, 0.3) is 0 Å². The first-order valence-electron chi connectivity index (χ1n) is 11.2. The number of aliphatic hydroxyl groups is 1. The molecule has 2 aromatic carbocycles. The lowest BCUT2D eigenvalue weighted by Crippen LogP contribution is -2.46. The van der Waals surface area contributed by atoms with Gasteiger partial charge in [-0.05, 0) is 42.3 Å². The van der Waals surface area contributed by atoms with E-state index in [1.807, 2.05) is 24.3 Å². The van der Waals surface area contributed by atoms with Crippen molar-refractivity contribution in [2.45, 2.75) is 31.8 Å². The second kappa shape index (κ2) is 12.9. The summed E-state index contributed by atoms with van der Waals surface area (Å²) in [6, 6.07) is 12.9. The fourth-order valence-corrected chi connectivity index (χ4v) is 3.68. The summed E-state index contributed by atoms with van der Waals surface area (Å²) in [5.41, 5.74) is 0.448. The van der Waals surface area contributed by atoms with E-state index in [1.165, 1.54) is 17.0 Å². The lowest BCUT2D eigenvalue weighted by Gasteiger charge is -2.28. The van der Waals surface area contributed by atoms with Crippen LogP contribution in [-0.4, -0.2) is 53.4 Å². The fraction of sp³-hybridized carbons (Fsp3) is 0.320. The molecule has 0 bridgehead atoms. The van der Waals surface area contributed by atoms with E-state index in [0.29, 0.717) is 30.6 Å². The molecule has 0 aliphatic carbocycles. The minimum atomic E-state index is -0.694. The molecule has 186 valence electrons. The Morgan fingerprint density at radius 1 is 1.17 bits per heavy atom. The van der Waals surface area contributed by atoms with Gasteiger partial charge in [-0.3, -0.25) is 5.32 Å². The number of carbonyl (C=O) groups is 2. The van der Waals surface area contributed by atoms with E-state index in [0.717, 1.165) is 10.8 Å². The summed E-state index contributed by atoms with van der Waals surface area (Å²) in [5, 5.41) is 16.2. The van der Waals surface area contributed by atoms with Gasteiger partial charge in [-0.15, -0.1) is 0 Å². The van der Waals surface area contributed by atoms with E-state index in [9.17, 15) is 14.0 Å². The van der Waals surface area contributed by atoms with Crippen LogP contribution >= 0.6 is 11.6 Å². The Hall–Kier alpha value is -3.43. The number of aromatic nitrogens is 1. The number of hydrogen-bond donors (Lipinski definition) is 3.